The summed E-state index contributed by atoms with van der Waals surface area (Å²) in [4.78, 5) is 21.2. The topological polar surface area (TPSA) is 102 Å². The standard InChI is InChI=1S/C25H31N5O3/c1-16-21(22(30-33-16)17-8-6-5-7-9-17)20-14-15-26-23(29-20)27-18-10-12-19(13-11-18)28-24(31)32-25(2,3)4/h5-9,14-15,18-19H,10-13H2,1-4H3,(H,28,31)(H,26,27,29). The van der Waals surface area contributed by atoms with Crippen LogP contribution in [-0.2, 0) is 4.74 Å². The van der Waals surface area contributed by atoms with Crippen molar-refractivity contribution in [1.82, 2.24) is 20.4 Å². The van der Waals surface area contributed by atoms with E-state index in [4.69, 9.17) is 14.2 Å². The molecule has 174 valence electrons. The van der Waals surface area contributed by atoms with Gasteiger partial charge in [0, 0.05) is 23.8 Å². The van der Waals surface area contributed by atoms with E-state index >= 15 is 0 Å². The van der Waals surface area contributed by atoms with Gasteiger partial charge in [-0.1, -0.05) is 35.5 Å². The summed E-state index contributed by atoms with van der Waals surface area (Å²) in [5.41, 5.74) is 2.90. The maximum Gasteiger partial charge on any atom is 0.407 e. The largest absolute Gasteiger partial charge is 0.444 e. The third-order valence-electron chi connectivity index (χ3n) is 5.60. The zero-order chi connectivity index (χ0) is 23.4. The summed E-state index contributed by atoms with van der Waals surface area (Å²) in [6.07, 6.45) is 4.97. The first-order chi connectivity index (χ1) is 15.8. The molecule has 1 fully saturated rings. The number of nitrogens with one attached hydrogen (secondary N) is 2. The molecule has 2 aromatic heterocycles. The molecule has 1 saturated carbocycles. The van der Waals surface area contributed by atoms with Crippen molar-refractivity contribution < 1.29 is 14.1 Å². The van der Waals surface area contributed by atoms with Crippen molar-refractivity contribution in [3.63, 3.8) is 0 Å². The van der Waals surface area contributed by atoms with Crippen molar-refractivity contribution >= 4 is 12.0 Å². The molecule has 3 aromatic rings. The number of carbonyl (C=O) groups excluding carboxylic acids is 1. The summed E-state index contributed by atoms with van der Waals surface area (Å²) in [5.74, 6) is 1.29. The van der Waals surface area contributed by atoms with Crippen molar-refractivity contribution in [3.8, 4) is 22.5 Å². The van der Waals surface area contributed by atoms with Crippen LogP contribution in [0.25, 0.3) is 22.5 Å². The Bertz CT molecular complexity index is 1080. The molecule has 1 aromatic carbocycles. The lowest BCUT2D eigenvalue weighted by Gasteiger charge is -2.30. The second-order valence-corrected chi connectivity index (χ2v) is 9.43. The van der Waals surface area contributed by atoms with E-state index in [1.807, 2.05) is 64.1 Å². The number of carbonyl (C=O) groups is 1. The zero-order valence-electron chi connectivity index (χ0n) is 19.6. The minimum Gasteiger partial charge on any atom is -0.444 e. The van der Waals surface area contributed by atoms with Crippen LogP contribution in [0.2, 0.25) is 0 Å². The molecule has 0 bridgehead atoms. The summed E-state index contributed by atoms with van der Waals surface area (Å²) in [7, 11) is 0. The third kappa shape index (κ3) is 5.88. The predicted molar refractivity (Wildman–Crippen MR) is 127 cm³/mol. The van der Waals surface area contributed by atoms with E-state index < -0.39 is 5.60 Å². The van der Waals surface area contributed by atoms with Gasteiger partial charge >= 0.3 is 6.09 Å². The Morgan fingerprint density at radius 2 is 1.76 bits per heavy atom. The molecular formula is C25H31N5O3. The van der Waals surface area contributed by atoms with Gasteiger partial charge in [-0.2, -0.15) is 0 Å². The van der Waals surface area contributed by atoms with E-state index in [1.54, 1.807) is 6.20 Å². The van der Waals surface area contributed by atoms with Gasteiger partial charge < -0.3 is 19.9 Å². The van der Waals surface area contributed by atoms with E-state index in [1.165, 1.54) is 0 Å². The van der Waals surface area contributed by atoms with Gasteiger partial charge in [0.25, 0.3) is 0 Å². The molecule has 2 heterocycles. The average molecular weight is 450 g/mol. The lowest BCUT2D eigenvalue weighted by Crippen LogP contribution is -2.42. The maximum atomic E-state index is 12.0. The number of benzene rings is 1. The number of amides is 1. The van der Waals surface area contributed by atoms with Crippen molar-refractivity contribution in [1.29, 1.82) is 0 Å². The molecule has 0 atom stereocenters. The summed E-state index contributed by atoms with van der Waals surface area (Å²) in [6.45, 7) is 7.49. The van der Waals surface area contributed by atoms with Crippen LogP contribution in [0.4, 0.5) is 10.7 Å². The first kappa shape index (κ1) is 22.8. The third-order valence-corrected chi connectivity index (χ3v) is 5.60. The Hall–Kier alpha value is -3.42. The molecule has 1 aliphatic rings. The lowest BCUT2D eigenvalue weighted by molar-refractivity contribution is 0.0492. The van der Waals surface area contributed by atoms with E-state index in [-0.39, 0.29) is 18.2 Å². The second kappa shape index (κ2) is 9.60. The summed E-state index contributed by atoms with van der Waals surface area (Å²) in [5, 5.41) is 10.7. The predicted octanol–water partition coefficient (Wildman–Crippen LogP) is 5.35. The quantitative estimate of drug-likeness (QED) is 0.541. The fourth-order valence-corrected chi connectivity index (χ4v) is 4.07. The monoisotopic (exact) mass is 449 g/mol. The smallest absolute Gasteiger partial charge is 0.407 e. The lowest BCUT2D eigenvalue weighted by atomic mass is 9.91. The van der Waals surface area contributed by atoms with Gasteiger partial charge in [-0.3, -0.25) is 0 Å². The number of anilines is 1. The fraction of sp³-hybridized carbons (Fsp3) is 0.440. The molecule has 0 radical (unpaired) electrons. The number of hydrogen-bond donors (Lipinski definition) is 2. The van der Waals surface area contributed by atoms with Crippen LogP contribution in [0.5, 0.6) is 0 Å². The van der Waals surface area contributed by atoms with Crippen LogP contribution in [0.3, 0.4) is 0 Å². The second-order valence-electron chi connectivity index (χ2n) is 9.43. The minimum absolute atomic E-state index is 0.123. The van der Waals surface area contributed by atoms with E-state index in [0.29, 0.717) is 11.7 Å². The van der Waals surface area contributed by atoms with Crippen LogP contribution < -0.4 is 10.6 Å². The highest BCUT2D eigenvalue weighted by molar-refractivity contribution is 5.80. The highest BCUT2D eigenvalue weighted by atomic mass is 16.6. The summed E-state index contributed by atoms with van der Waals surface area (Å²) >= 11 is 0. The van der Waals surface area contributed by atoms with Gasteiger partial charge in [0.2, 0.25) is 5.95 Å². The Morgan fingerprint density at radius 1 is 1.06 bits per heavy atom. The maximum absolute atomic E-state index is 12.0. The fourth-order valence-electron chi connectivity index (χ4n) is 4.07. The zero-order valence-corrected chi connectivity index (χ0v) is 19.6. The van der Waals surface area contributed by atoms with Crippen LogP contribution in [0, 0.1) is 6.92 Å². The molecule has 1 aliphatic carbocycles. The van der Waals surface area contributed by atoms with Gasteiger partial charge in [0.15, 0.2) is 0 Å². The van der Waals surface area contributed by atoms with Crippen LogP contribution >= 0.6 is 0 Å². The van der Waals surface area contributed by atoms with E-state index in [0.717, 1.165) is 48.2 Å². The number of hydrogen-bond acceptors (Lipinski definition) is 7. The average Bonchev–Trinajstić information content (AvgIpc) is 3.16. The molecule has 0 spiro atoms. The Morgan fingerprint density at radius 3 is 2.45 bits per heavy atom. The van der Waals surface area contributed by atoms with Gasteiger partial charge in [0.05, 0.1) is 11.3 Å². The first-order valence-electron chi connectivity index (χ1n) is 11.4. The number of alkyl carbamates (subject to hydrolysis) is 1. The Balaban J connectivity index is 1.40. The highest BCUT2D eigenvalue weighted by Crippen LogP contribution is 2.33. The van der Waals surface area contributed by atoms with Gasteiger partial charge in [-0.25, -0.2) is 14.8 Å². The van der Waals surface area contributed by atoms with Gasteiger partial charge in [0.1, 0.15) is 17.1 Å². The SMILES string of the molecule is Cc1onc(-c2ccccc2)c1-c1ccnc(NC2CCC(NC(=O)OC(C)(C)C)CC2)n1. The van der Waals surface area contributed by atoms with Crippen LogP contribution in [0.1, 0.15) is 52.2 Å². The highest BCUT2D eigenvalue weighted by Gasteiger charge is 2.25. The summed E-state index contributed by atoms with van der Waals surface area (Å²) < 4.78 is 10.9. The molecule has 2 N–H and O–H groups in total. The van der Waals surface area contributed by atoms with E-state index in [2.05, 4.69) is 20.8 Å². The number of nitrogens with zero attached hydrogens (tertiary/aromatic N) is 3. The van der Waals surface area contributed by atoms with E-state index in [9.17, 15) is 4.79 Å². The number of aromatic nitrogens is 3. The molecule has 0 aliphatic heterocycles. The number of ether oxygens (including phenoxy) is 1. The normalized spacial score (nSPS) is 18.5. The van der Waals surface area contributed by atoms with Crippen molar-refractivity contribution in [2.24, 2.45) is 0 Å². The first-order valence-corrected chi connectivity index (χ1v) is 11.4. The number of rotatable bonds is 5. The van der Waals surface area contributed by atoms with Crippen molar-refractivity contribution in [2.45, 2.75) is 71.1 Å². The van der Waals surface area contributed by atoms with Crippen molar-refractivity contribution in [3.05, 3.63) is 48.4 Å². The molecule has 8 heteroatoms. The number of aryl methyl sites for hydroxylation is 1. The molecule has 4 rings (SSSR count). The Labute approximate surface area is 194 Å². The van der Waals surface area contributed by atoms with Crippen molar-refractivity contribution in [2.75, 3.05) is 5.32 Å². The molecule has 0 saturated heterocycles. The molecule has 1 amide bonds. The molecule has 0 unspecified atom stereocenters. The van der Waals surface area contributed by atoms with Crippen LogP contribution in [-0.4, -0.2) is 38.9 Å². The molecule has 33 heavy (non-hydrogen) atoms. The van der Waals surface area contributed by atoms with Gasteiger partial charge in [-0.15, -0.1) is 0 Å². The minimum atomic E-state index is -0.492. The Kier molecular flexibility index (Phi) is 6.62. The molecular weight excluding hydrogens is 418 g/mol. The summed E-state index contributed by atoms with van der Waals surface area (Å²) in [6, 6.07) is 12.2. The molecule has 8 nitrogen and oxygen atoms in total. The van der Waals surface area contributed by atoms with Crippen LogP contribution in [0.15, 0.2) is 47.1 Å². The van der Waals surface area contributed by atoms with Gasteiger partial charge in [-0.05, 0) is 59.4 Å².